The van der Waals surface area contributed by atoms with E-state index >= 15 is 0 Å². The number of rotatable bonds is 30. The number of hydrogen-bond donors (Lipinski definition) is 10. The van der Waals surface area contributed by atoms with E-state index in [1.807, 2.05) is 135 Å². The van der Waals surface area contributed by atoms with Crippen molar-refractivity contribution in [2.75, 3.05) is 196 Å². The van der Waals surface area contributed by atoms with Gasteiger partial charge in [-0.2, -0.15) is 36.9 Å². The van der Waals surface area contributed by atoms with Gasteiger partial charge in [-0.05, 0) is 115 Å². The number of nitriles is 2. The standard InChI is InChI=1S/C16H22ClN3O2.2C16H22FN3O2.C16H22N4O.C14H16F3N3O.C13H17N3O.C10H14F3N3OS/c2*1-12(2)16(22)20-9-7-19(8-10-20)11-15(21)18-14-5-3-13(17)4-6-14;1-12(2)16(22)20-9-7-19(8-10-20)11-15(21)18-14-6-4-3-5-13(14)17;1-12(2)16(21)20-9-7-19(8-10-20)11-15-17-13-5-3-4-6-14(13)18-15;1-9(2)13(21)20-6-5-19-11-3-4-12(14(15,16)17)10(7-11)8-18;1-10(2)13(17)16-8-7-15-12-5-3-11(9-14)4-6-12;1-6(2)8(17)14-3-4-15-9-16-7(5-18-9)10(11,12)13/h3*3-6,12H,7-11H2,1-2H3,(H,18,21);3-6,12H,7-11H2,1-2H3,(H,17,18);3-4,7,9,19H,5-6H2,1-2H3,(H,20,21);3-6,10,15H,7-8H2,1-2H3,(H,16,17);5-6H,3-4H2,1-2H3,(H,14,17)(H,15,16). The van der Waals surface area contributed by atoms with Crippen molar-refractivity contribution in [2.24, 2.45) is 41.4 Å². The van der Waals surface area contributed by atoms with Gasteiger partial charge in [-0.25, -0.2) is 18.7 Å². The van der Waals surface area contributed by atoms with Crippen LogP contribution in [-0.2, 0) is 66.8 Å². The van der Waals surface area contributed by atoms with Crippen LogP contribution in [-0.4, -0.2) is 277 Å². The van der Waals surface area contributed by atoms with Crippen molar-refractivity contribution >= 4 is 127 Å². The molecule has 4 aliphatic rings. The zero-order chi connectivity index (χ0) is 106. The summed E-state index contributed by atoms with van der Waals surface area (Å²) in [4.78, 5) is 145. The van der Waals surface area contributed by atoms with E-state index in [1.54, 1.807) is 76.2 Å². The predicted molar refractivity (Wildman–Crippen MR) is 540 cm³/mol. The van der Waals surface area contributed by atoms with Crippen LogP contribution in [0.25, 0.3) is 11.0 Å². The number of benzene rings is 6. The Kier molecular flexibility index (Phi) is 50.2. The largest absolute Gasteiger partial charge is 0.434 e. The Labute approximate surface area is 840 Å². The van der Waals surface area contributed by atoms with Gasteiger partial charge in [-0.15, -0.1) is 11.3 Å². The van der Waals surface area contributed by atoms with E-state index in [2.05, 4.69) is 78.7 Å². The minimum Gasteiger partial charge on any atom is -0.383 e. The molecule has 10 amide bonds. The lowest BCUT2D eigenvalue weighted by atomic mass is 10.1. The summed E-state index contributed by atoms with van der Waals surface area (Å²) in [6.45, 7) is 41.9. The number of hydrogen-bond acceptors (Lipinski definition) is 22. The van der Waals surface area contributed by atoms with Crippen LogP contribution in [0.15, 0.2) is 145 Å². The van der Waals surface area contributed by atoms with Crippen molar-refractivity contribution in [3.8, 4) is 12.1 Å². The summed E-state index contributed by atoms with van der Waals surface area (Å²) < 4.78 is 101. The Balaban J connectivity index is 0.000000256. The van der Waals surface area contributed by atoms with Crippen molar-refractivity contribution in [3.63, 3.8) is 0 Å². The molecule has 32 nitrogen and oxygen atoms in total. The summed E-state index contributed by atoms with van der Waals surface area (Å²) in [6, 6.07) is 41.0. The molecular weight excluding hydrogens is 1900 g/mol. The smallest absolute Gasteiger partial charge is 0.383 e. The van der Waals surface area contributed by atoms with E-state index in [4.69, 9.17) is 22.1 Å². The summed E-state index contributed by atoms with van der Waals surface area (Å²) in [6.07, 6.45) is -8.96. The number of amides is 10. The molecule has 10 N–H and O–H groups in total. The van der Waals surface area contributed by atoms with Gasteiger partial charge in [-0.3, -0.25) is 67.5 Å². The highest BCUT2D eigenvalue weighted by Gasteiger charge is 2.36. The van der Waals surface area contributed by atoms with Crippen LogP contribution in [0.3, 0.4) is 0 Å². The number of piperazine rings is 4. The third kappa shape index (κ3) is 43.8. The molecule has 4 aliphatic heterocycles. The Morgan fingerprint density at radius 1 is 0.413 bits per heavy atom. The molecule has 8 aromatic rings. The topological polar surface area (TPSA) is 394 Å². The number of carbonyl (C=O) groups is 10. The van der Waals surface area contributed by atoms with Crippen LogP contribution in [0.5, 0.6) is 0 Å². The number of H-pyrrole nitrogens is 1. The number of fused-ring (bicyclic) bond motifs is 1. The minimum atomic E-state index is -4.55. The van der Waals surface area contributed by atoms with Gasteiger partial charge in [0.1, 0.15) is 17.5 Å². The molecule has 0 aliphatic carbocycles. The maximum atomic E-state index is 13.5. The zero-order valence-electron chi connectivity index (χ0n) is 83.5. The Hall–Kier alpha value is -12.9. The first kappa shape index (κ1) is 119. The summed E-state index contributed by atoms with van der Waals surface area (Å²) in [5.41, 5.74) is 3.32. The Morgan fingerprint density at radius 3 is 1.17 bits per heavy atom. The number of imidazole rings is 1. The SMILES string of the molecule is CC(C)C(=O)N1CCN(CC(=O)Nc2ccc(Cl)cc2)CC1.CC(C)C(=O)N1CCN(CC(=O)Nc2ccc(F)cc2)CC1.CC(C)C(=O)N1CCN(CC(=O)Nc2ccccc2F)CC1.CC(C)C(=O)N1CCN(Cc2nc3ccccc3[nH]2)CC1.CC(C)C(=O)NCCNc1ccc(C#N)cc1.CC(C)C(=O)NCCNc1ccc(C(F)(F)F)c(C#N)c1.CC(C)C(=O)NCCNc1nc(C(F)(F)F)cs1. The predicted octanol–water partition coefficient (Wildman–Crippen LogP) is 13.9. The second-order valence-electron chi connectivity index (χ2n) is 36.1. The Bertz CT molecular complexity index is 5300. The quantitative estimate of drug-likeness (QED) is 0.0148. The van der Waals surface area contributed by atoms with E-state index in [-0.39, 0.29) is 130 Å². The molecule has 0 radical (unpaired) electrons. The van der Waals surface area contributed by atoms with Gasteiger partial charge in [0.05, 0.1) is 71.7 Å². The highest BCUT2D eigenvalue weighted by atomic mass is 35.5. The lowest BCUT2D eigenvalue weighted by Crippen LogP contribution is -2.51. The molecule has 0 unspecified atom stereocenters. The molecular formula is C101H135ClF8N22O10S. The van der Waals surface area contributed by atoms with Crippen molar-refractivity contribution in [3.05, 3.63) is 190 Å². The van der Waals surface area contributed by atoms with Crippen LogP contribution in [0.4, 0.5) is 68.7 Å². The first-order chi connectivity index (χ1) is 67.7. The first-order valence-corrected chi connectivity index (χ1v) is 48.8. The zero-order valence-corrected chi connectivity index (χ0v) is 85.1. The summed E-state index contributed by atoms with van der Waals surface area (Å²) >= 11 is 6.70. The first-order valence-electron chi connectivity index (χ1n) is 47.5. The molecule has 6 aromatic carbocycles. The van der Waals surface area contributed by atoms with E-state index in [9.17, 15) is 83.1 Å². The normalized spacial score (nSPS) is 14.1. The van der Waals surface area contributed by atoms with Gasteiger partial charge in [0, 0.05) is 219 Å². The molecule has 6 heterocycles. The van der Waals surface area contributed by atoms with Gasteiger partial charge in [0.2, 0.25) is 59.1 Å². The summed E-state index contributed by atoms with van der Waals surface area (Å²) in [7, 11) is 0. The van der Waals surface area contributed by atoms with Gasteiger partial charge in [0.25, 0.3) is 0 Å². The number of halogens is 9. The van der Waals surface area contributed by atoms with Crippen LogP contribution in [0.2, 0.25) is 5.02 Å². The fourth-order valence-corrected chi connectivity index (χ4v) is 14.9. The average molecular weight is 2040 g/mol. The minimum absolute atomic E-state index is 0.00379. The maximum Gasteiger partial charge on any atom is 0.434 e. The van der Waals surface area contributed by atoms with Gasteiger partial charge < -0.3 is 72.4 Å². The molecule has 0 atom stereocenters. The number of nitrogens with zero attached hydrogens (tertiary/aromatic N) is 12. The molecule has 0 spiro atoms. The van der Waals surface area contributed by atoms with Crippen molar-refractivity contribution < 1.29 is 83.1 Å². The second kappa shape index (κ2) is 60.5. The highest BCUT2D eigenvalue weighted by Crippen LogP contribution is 2.34. The molecule has 778 valence electrons. The molecule has 2 aromatic heterocycles. The number of carbonyl (C=O) groups excluding carboxylic acids is 10. The van der Waals surface area contributed by atoms with Gasteiger partial charge in [0.15, 0.2) is 10.8 Å². The molecule has 12 rings (SSSR count). The van der Waals surface area contributed by atoms with Crippen molar-refractivity contribution in [1.82, 2.24) is 70.1 Å². The lowest BCUT2D eigenvalue weighted by molar-refractivity contribution is -0.141. The van der Waals surface area contributed by atoms with E-state index in [1.165, 1.54) is 48.5 Å². The number of para-hydroxylation sites is 3. The summed E-state index contributed by atoms with van der Waals surface area (Å²) in [5.74, 6) is 0.348. The molecule has 0 bridgehead atoms. The van der Waals surface area contributed by atoms with Crippen LogP contribution < -0.4 is 47.9 Å². The molecule has 4 fully saturated rings. The second-order valence-corrected chi connectivity index (χ2v) is 37.4. The number of aromatic amines is 1. The van der Waals surface area contributed by atoms with Crippen LogP contribution in [0, 0.1) is 75.7 Å². The van der Waals surface area contributed by atoms with Crippen LogP contribution in [0.1, 0.15) is 125 Å². The van der Waals surface area contributed by atoms with E-state index in [0.717, 1.165) is 103 Å². The van der Waals surface area contributed by atoms with Crippen molar-refractivity contribution in [1.29, 1.82) is 10.5 Å². The number of anilines is 6. The molecule has 42 heteroatoms. The maximum absolute atomic E-state index is 13.5. The van der Waals surface area contributed by atoms with Crippen LogP contribution >= 0.6 is 22.9 Å². The number of thiazole rings is 1. The highest BCUT2D eigenvalue weighted by molar-refractivity contribution is 7.13. The molecule has 0 saturated carbocycles. The fraction of sp³-hybridized carbons (Fsp3) is 0.485. The van der Waals surface area contributed by atoms with Gasteiger partial charge >= 0.3 is 12.4 Å². The third-order valence-corrected chi connectivity index (χ3v) is 23.1. The summed E-state index contributed by atoms with van der Waals surface area (Å²) in [5, 5.41) is 44.3. The Morgan fingerprint density at radius 2 is 0.790 bits per heavy atom. The fourth-order valence-electron chi connectivity index (χ4n) is 14.0. The third-order valence-electron chi connectivity index (χ3n) is 22.1. The number of alkyl halides is 6. The molecule has 4 saturated heterocycles. The van der Waals surface area contributed by atoms with Gasteiger partial charge in [-0.1, -0.05) is 133 Å². The van der Waals surface area contributed by atoms with E-state index < -0.39 is 35.0 Å². The number of nitrogens with one attached hydrogen (secondary N) is 10. The lowest BCUT2D eigenvalue weighted by Gasteiger charge is -2.35. The monoisotopic (exact) mass is 2040 g/mol. The average Bonchev–Trinajstić information content (AvgIpc) is 1.37. The van der Waals surface area contributed by atoms with Crippen molar-refractivity contribution in [2.45, 2.75) is 116 Å². The van der Waals surface area contributed by atoms with E-state index in [0.29, 0.717) is 133 Å². The molecule has 143 heavy (non-hydrogen) atoms. The number of aromatic nitrogens is 3.